The van der Waals surface area contributed by atoms with Crippen LogP contribution >= 0.6 is 0 Å². The molecule has 2 heterocycles. The second kappa shape index (κ2) is 5.73. The summed E-state index contributed by atoms with van der Waals surface area (Å²) in [5.41, 5.74) is 0.601. The van der Waals surface area contributed by atoms with Crippen molar-refractivity contribution in [1.82, 2.24) is 4.90 Å². The number of hydrogen-bond acceptors (Lipinski definition) is 3. The lowest BCUT2D eigenvalue weighted by molar-refractivity contribution is -0.135. The zero-order valence-corrected chi connectivity index (χ0v) is 11.6. The van der Waals surface area contributed by atoms with Crippen molar-refractivity contribution >= 4 is 17.7 Å². The second-order valence-corrected chi connectivity index (χ2v) is 5.46. The third-order valence-corrected chi connectivity index (χ3v) is 3.91. The van der Waals surface area contributed by atoms with E-state index in [1.165, 1.54) is 4.90 Å². The number of amides is 2. The molecule has 2 aliphatic rings. The van der Waals surface area contributed by atoms with Crippen LogP contribution in [0.1, 0.15) is 12.8 Å². The Morgan fingerprint density at radius 2 is 1.81 bits per heavy atom. The minimum atomic E-state index is -1.02. The zero-order chi connectivity index (χ0) is 14.8. The molecule has 0 spiro atoms. The van der Waals surface area contributed by atoms with Crippen molar-refractivity contribution in [3.63, 3.8) is 0 Å². The lowest BCUT2D eigenvalue weighted by Gasteiger charge is -2.35. The van der Waals surface area contributed by atoms with Gasteiger partial charge in [0.2, 0.25) is 0 Å². The second-order valence-electron chi connectivity index (χ2n) is 5.46. The van der Waals surface area contributed by atoms with Gasteiger partial charge in [0.1, 0.15) is 6.54 Å². The molecule has 1 aromatic carbocycles. The molecule has 1 aromatic rings. The van der Waals surface area contributed by atoms with Gasteiger partial charge >= 0.3 is 12.0 Å². The summed E-state index contributed by atoms with van der Waals surface area (Å²) in [4.78, 5) is 26.8. The Hall–Kier alpha value is -2.08. The number of carbonyl (C=O) groups is 2. The number of ether oxygens (including phenoxy) is 1. The molecule has 2 bridgehead atoms. The van der Waals surface area contributed by atoms with Crippen molar-refractivity contribution in [2.75, 3.05) is 24.5 Å². The van der Waals surface area contributed by atoms with Crippen LogP contribution in [0.4, 0.5) is 10.5 Å². The molecule has 112 valence electrons. The van der Waals surface area contributed by atoms with E-state index in [2.05, 4.69) is 0 Å². The third-order valence-electron chi connectivity index (χ3n) is 3.91. The smallest absolute Gasteiger partial charge is 0.325 e. The fourth-order valence-electron chi connectivity index (χ4n) is 2.95. The van der Waals surface area contributed by atoms with E-state index in [9.17, 15) is 9.59 Å². The predicted octanol–water partition coefficient (Wildman–Crippen LogP) is 1.56. The van der Waals surface area contributed by atoms with Crippen LogP contribution < -0.4 is 4.90 Å². The maximum Gasteiger partial charge on any atom is 0.325 e. The fourth-order valence-corrected chi connectivity index (χ4v) is 2.95. The summed E-state index contributed by atoms with van der Waals surface area (Å²) in [6.07, 6.45) is 2.13. The number of carboxylic acid groups (broad SMARTS) is 1. The van der Waals surface area contributed by atoms with E-state index in [4.69, 9.17) is 9.84 Å². The molecule has 2 aliphatic heterocycles. The van der Waals surface area contributed by atoms with Crippen molar-refractivity contribution in [1.29, 1.82) is 0 Å². The fraction of sp³-hybridized carbons (Fsp3) is 0.467. The van der Waals surface area contributed by atoms with Crippen LogP contribution in [0.2, 0.25) is 0 Å². The first kappa shape index (κ1) is 13.9. The van der Waals surface area contributed by atoms with Crippen molar-refractivity contribution in [3.05, 3.63) is 30.3 Å². The van der Waals surface area contributed by atoms with Gasteiger partial charge in [0.25, 0.3) is 0 Å². The summed E-state index contributed by atoms with van der Waals surface area (Å²) in [5.74, 6) is -1.02. The molecule has 0 aliphatic carbocycles. The minimum Gasteiger partial charge on any atom is -0.480 e. The zero-order valence-electron chi connectivity index (χ0n) is 11.6. The van der Waals surface area contributed by atoms with Crippen LogP contribution in [-0.2, 0) is 9.53 Å². The van der Waals surface area contributed by atoms with Gasteiger partial charge in [0.15, 0.2) is 0 Å². The van der Waals surface area contributed by atoms with Gasteiger partial charge in [-0.2, -0.15) is 0 Å². The number of carbonyl (C=O) groups excluding carboxylic acids is 1. The van der Waals surface area contributed by atoms with Gasteiger partial charge in [-0.25, -0.2) is 4.79 Å². The van der Waals surface area contributed by atoms with E-state index in [1.807, 2.05) is 6.07 Å². The summed E-state index contributed by atoms with van der Waals surface area (Å²) < 4.78 is 5.72. The van der Waals surface area contributed by atoms with Crippen LogP contribution in [-0.4, -0.2) is 53.8 Å². The van der Waals surface area contributed by atoms with Crippen LogP contribution in [0.3, 0.4) is 0 Å². The molecule has 3 rings (SSSR count). The first-order chi connectivity index (χ1) is 10.1. The van der Waals surface area contributed by atoms with E-state index >= 15 is 0 Å². The minimum absolute atomic E-state index is 0.0927. The van der Waals surface area contributed by atoms with Crippen molar-refractivity contribution in [3.8, 4) is 0 Å². The van der Waals surface area contributed by atoms with Gasteiger partial charge in [-0.1, -0.05) is 18.2 Å². The molecule has 2 unspecified atom stereocenters. The first-order valence-electron chi connectivity index (χ1n) is 7.12. The van der Waals surface area contributed by atoms with Crippen LogP contribution in [0, 0.1) is 0 Å². The topological polar surface area (TPSA) is 70.1 Å². The number of fused-ring (bicyclic) bond motifs is 2. The maximum absolute atomic E-state index is 12.7. The normalized spacial score (nSPS) is 23.9. The Bertz CT molecular complexity index is 522. The number of benzene rings is 1. The summed E-state index contributed by atoms with van der Waals surface area (Å²) in [6.45, 7) is 0.742. The van der Waals surface area contributed by atoms with E-state index in [0.717, 1.165) is 12.8 Å². The average Bonchev–Trinajstić information content (AvgIpc) is 2.83. The summed E-state index contributed by atoms with van der Waals surface area (Å²) in [6, 6.07) is 8.65. The summed E-state index contributed by atoms with van der Waals surface area (Å²) in [7, 11) is 0. The van der Waals surface area contributed by atoms with E-state index in [0.29, 0.717) is 18.8 Å². The molecule has 2 saturated heterocycles. The lowest BCUT2D eigenvalue weighted by Crippen LogP contribution is -2.52. The number of urea groups is 1. The molecule has 2 amide bonds. The van der Waals surface area contributed by atoms with E-state index < -0.39 is 5.97 Å². The first-order valence-corrected chi connectivity index (χ1v) is 7.12. The van der Waals surface area contributed by atoms with Crippen LogP contribution in [0.25, 0.3) is 0 Å². The van der Waals surface area contributed by atoms with E-state index in [1.54, 1.807) is 29.2 Å². The molecule has 21 heavy (non-hydrogen) atoms. The number of aliphatic carboxylic acids is 1. The molecular formula is C15H18N2O4. The van der Waals surface area contributed by atoms with Gasteiger partial charge < -0.3 is 14.7 Å². The number of hydrogen-bond donors (Lipinski definition) is 1. The standard InChI is InChI=1S/C15H18N2O4/c18-14(19)10-17(11-4-2-1-3-5-11)15(20)16-8-12-6-7-13(9-16)21-12/h1-5,12-13H,6-10H2,(H,18,19). The number of likely N-dealkylation sites (tertiary alicyclic amines) is 1. The van der Waals surface area contributed by atoms with Gasteiger partial charge in [-0.3, -0.25) is 9.69 Å². The highest BCUT2D eigenvalue weighted by atomic mass is 16.5. The molecule has 2 fully saturated rings. The Balaban J connectivity index is 1.79. The molecule has 0 radical (unpaired) electrons. The van der Waals surface area contributed by atoms with Crippen molar-refractivity contribution < 1.29 is 19.4 Å². The molecule has 6 heteroatoms. The average molecular weight is 290 g/mol. The van der Waals surface area contributed by atoms with Gasteiger partial charge in [0.05, 0.1) is 12.2 Å². The highest BCUT2D eigenvalue weighted by Gasteiger charge is 2.37. The maximum atomic E-state index is 12.7. The SMILES string of the molecule is O=C(O)CN(C(=O)N1CC2CCC(C1)O2)c1ccccc1. The van der Waals surface area contributed by atoms with Crippen molar-refractivity contribution in [2.45, 2.75) is 25.0 Å². The number of para-hydroxylation sites is 1. The number of rotatable bonds is 3. The molecule has 0 aromatic heterocycles. The van der Waals surface area contributed by atoms with E-state index in [-0.39, 0.29) is 24.8 Å². The van der Waals surface area contributed by atoms with Crippen LogP contribution in [0.15, 0.2) is 30.3 Å². The lowest BCUT2D eigenvalue weighted by atomic mass is 10.2. The number of nitrogens with zero attached hydrogens (tertiary/aromatic N) is 2. The predicted molar refractivity (Wildman–Crippen MR) is 76.3 cm³/mol. The number of carboxylic acids is 1. The third kappa shape index (κ3) is 3.00. The highest BCUT2D eigenvalue weighted by molar-refractivity contribution is 5.96. The quantitative estimate of drug-likeness (QED) is 0.917. The monoisotopic (exact) mass is 290 g/mol. The van der Waals surface area contributed by atoms with Crippen LogP contribution in [0.5, 0.6) is 0 Å². The van der Waals surface area contributed by atoms with Crippen molar-refractivity contribution in [2.24, 2.45) is 0 Å². The number of anilines is 1. The number of morpholine rings is 1. The molecule has 1 N–H and O–H groups in total. The van der Waals surface area contributed by atoms with Gasteiger partial charge in [-0.15, -0.1) is 0 Å². The highest BCUT2D eigenvalue weighted by Crippen LogP contribution is 2.27. The molecule has 2 atom stereocenters. The summed E-state index contributed by atoms with van der Waals surface area (Å²) >= 11 is 0. The summed E-state index contributed by atoms with van der Waals surface area (Å²) in [5, 5.41) is 9.07. The van der Waals surface area contributed by atoms with Gasteiger partial charge in [0, 0.05) is 18.8 Å². The Kier molecular flexibility index (Phi) is 3.79. The van der Waals surface area contributed by atoms with Gasteiger partial charge in [-0.05, 0) is 25.0 Å². The Morgan fingerprint density at radius 3 is 2.38 bits per heavy atom. The molecule has 6 nitrogen and oxygen atoms in total. The largest absolute Gasteiger partial charge is 0.480 e. The Labute approximate surface area is 122 Å². The molecule has 0 saturated carbocycles. The molecular weight excluding hydrogens is 272 g/mol. The Morgan fingerprint density at radius 1 is 1.19 bits per heavy atom.